The average Bonchev–Trinajstić information content (AvgIpc) is 3.00. The lowest BCUT2D eigenvalue weighted by molar-refractivity contribution is 0.261. The van der Waals surface area contributed by atoms with Gasteiger partial charge in [0, 0.05) is 19.3 Å². The molecule has 2 N–H and O–H groups in total. The first-order valence-electron chi connectivity index (χ1n) is 8.89. The Kier molecular flexibility index (Phi) is 8.17. The first kappa shape index (κ1) is 22.1. The molecule has 28 heavy (non-hydrogen) atoms. The number of fused-ring (bicyclic) bond motifs is 1. The largest absolute Gasteiger partial charge is 0.492 e. The van der Waals surface area contributed by atoms with Crippen molar-refractivity contribution in [1.82, 2.24) is 19.5 Å². The molecule has 3 aromatic rings. The summed E-state index contributed by atoms with van der Waals surface area (Å²) < 4.78 is 7.18. The van der Waals surface area contributed by atoms with Crippen molar-refractivity contribution in [3.63, 3.8) is 0 Å². The van der Waals surface area contributed by atoms with E-state index in [-0.39, 0.29) is 18.1 Å². The first-order chi connectivity index (χ1) is 13.0. The molecule has 0 fully saturated rings. The standard InChI is InChI=1S/C19H24ClN5O2.ClH/c1-24(2)9-10-27-16-7-3-5-14(11-16)6-4-8-21-17-12-15(20)13-25-18(17)22-23-19(25)26;/h3,5,7,11-13,21H,4,6,8-10H2,1-2H3,(H,23,26);1H. The molecule has 9 heteroatoms. The van der Waals surface area contributed by atoms with Crippen molar-refractivity contribution in [2.45, 2.75) is 12.8 Å². The van der Waals surface area contributed by atoms with Crippen LogP contribution in [0.25, 0.3) is 5.65 Å². The van der Waals surface area contributed by atoms with Crippen molar-refractivity contribution in [3.8, 4) is 5.75 Å². The molecule has 0 aliphatic carbocycles. The predicted octanol–water partition coefficient (Wildman–Crippen LogP) is 3.08. The quantitative estimate of drug-likeness (QED) is 0.515. The van der Waals surface area contributed by atoms with Crippen molar-refractivity contribution in [3.05, 3.63) is 57.6 Å². The molecule has 2 aromatic heterocycles. The number of hydrogen-bond donors (Lipinski definition) is 2. The summed E-state index contributed by atoms with van der Waals surface area (Å²) in [7, 11) is 4.06. The molecular formula is C19H25Cl2N5O2. The lowest BCUT2D eigenvalue weighted by Crippen LogP contribution is -2.19. The summed E-state index contributed by atoms with van der Waals surface area (Å²) in [4.78, 5) is 13.8. The van der Waals surface area contributed by atoms with Gasteiger partial charge >= 0.3 is 5.69 Å². The number of halogens is 2. The molecule has 0 unspecified atom stereocenters. The number of anilines is 1. The zero-order chi connectivity index (χ0) is 19.2. The monoisotopic (exact) mass is 425 g/mol. The van der Waals surface area contributed by atoms with E-state index in [1.165, 1.54) is 9.96 Å². The van der Waals surface area contributed by atoms with Gasteiger partial charge in [-0.15, -0.1) is 12.4 Å². The molecule has 0 amide bonds. The molecule has 3 rings (SSSR count). The molecule has 0 aliphatic heterocycles. The van der Waals surface area contributed by atoms with E-state index in [0.29, 0.717) is 17.3 Å². The number of nitrogens with one attached hydrogen (secondary N) is 2. The Labute approximate surface area is 175 Å². The number of H-pyrrole nitrogens is 1. The Hall–Kier alpha value is -2.22. The molecule has 0 bridgehead atoms. The Balaban J connectivity index is 0.00000280. The number of rotatable bonds is 9. The molecule has 0 saturated heterocycles. The Morgan fingerprint density at radius 1 is 1.32 bits per heavy atom. The maximum absolute atomic E-state index is 11.7. The number of aromatic nitrogens is 3. The third kappa shape index (κ3) is 5.89. The van der Waals surface area contributed by atoms with Crippen LogP contribution in [0.15, 0.2) is 41.3 Å². The van der Waals surface area contributed by atoms with Crippen molar-refractivity contribution >= 4 is 35.3 Å². The second kappa shape index (κ2) is 10.4. The molecule has 0 saturated carbocycles. The van der Waals surface area contributed by atoms with Gasteiger partial charge in [0.1, 0.15) is 12.4 Å². The fraction of sp³-hybridized carbons (Fsp3) is 0.368. The molecular weight excluding hydrogens is 401 g/mol. The van der Waals surface area contributed by atoms with Crippen molar-refractivity contribution in [2.75, 3.05) is 39.1 Å². The topological polar surface area (TPSA) is 74.7 Å². The predicted molar refractivity (Wildman–Crippen MR) is 115 cm³/mol. The third-order valence-electron chi connectivity index (χ3n) is 4.14. The van der Waals surface area contributed by atoms with Crippen LogP contribution in [0, 0.1) is 0 Å². The van der Waals surface area contributed by atoms with Crippen LogP contribution in [0.4, 0.5) is 5.69 Å². The van der Waals surface area contributed by atoms with E-state index in [2.05, 4.69) is 32.5 Å². The number of likely N-dealkylation sites (N-methyl/N-ethyl adjacent to an activating group) is 1. The van der Waals surface area contributed by atoms with E-state index in [1.807, 2.05) is 26.2 Å². The highest BCUT2D eigenvalue weighted by Crippen LogP contribution is 2.19. The summed E-state index contributed by atoms with van der Waals surface area (Å²) in [6.07, 6.45) is 3.40. The Bertz CT molecular complexity index is 955. The molecule has 0 atom stereocenters. The molecule has 0 radical (unpaired) electrons. The highest BCUT2D eigenvalue weighted by Gasteiger charge is 2.07. The van der Waals surface area contributed by atoms with Gasteiger partial charge in [-0.25, -0.2) is 14.3 Å². The number of aryl methyl sites for hydroxylation is 1. The average molecular weight is 426 g/mol. The summed E-state index contributed by atoms with van der Waals surface area (Å²) in [5.74, 6) is 0.898. The van der Waals surface area contributed by atoms with Crippen molar-refractivity contribution in [1.29, 1.82) is 0 Å². The Morgan fingerprint density at radius 3 is 2.93 bits per heavy atom. The molecule has 1 aromatic carbocycles. The number of nitrogens with zero attached hydrogens (tertiary/aromatic N) is 3. The number of hydrogen-bond acceptors (Lipinski definition) is 5. The first-order valence-corrected chi connectivity index (χ1v) is 9.27. The van der Waals surface area contributed by atoms with Gasteiger partial charge in [0.2, 0.25) is 0 Å². The third-order valence-corrected chi connectivity index (χ3v) is 4.35. The van der Waals surface area contributed by atoms with Crippen LogP contribution in [0.3, 0.4) is 0 Å². The van der Waals surface area contributed by atoms with Crippen LogP contribution in [-0.4, -0.2) is 53.3 Å². The number of pyridine rings is 1. The van der Waals surface area contributed by atoms with Gasteiger partial charge in [0.25, 0.3) is 0 Å². The zero-order valence-corrected chi connectivity index (χ0v) is 17.5. The Morgan fingerprint density at radius 2 is 2.14 bits per heavy atom. The second-order valence-corrected chi connectivity index (χ2v) is 7.06. The molecule has 0 aliphatic rings. The molecule has 2 heterocycles. The fourth-order valence-corrected chi connectivity index (χ4v) is 2.97. The van der Waals surface area contributed by atoms with Crippen LogP contribution < -0.4 is 15.7 Å². The van der Waals surface area contributed by atoms with E-state index < -0.39 is 0 Å². The lowest BCUT2D eigenvalue weighted by atomic mass is 10.1. The summed E-state index contributed by atoms with van der Waals surface area (Å²) in [5, 5.41) is 10.3. The highest BCUT2D eigenvalue weighted by molar-refractivity contribution is 6.30. The summed E-state index contributed by atoms with van der Waals surface area (Å²) in [5.41, 5.74) is 2.20. The van der Waals surface area contributed by atoms with Crippen LogP contribution in [0.1, 0.15) is 12.0 Å². The summed E-state index contributed by atoms with van der Waals surface area (Å²) >= 11 is 6.08. The minimum absolute atomic E-state index is 0. The van der Waals surface area contributed by atoms with E-state index in [1.54, 1.807) is 12.3 Å². The van der Waals surface area contributed by atoms with E-state index in [9.17, 15) is 4.79 Å². The SMILES string of the molecule is CN(C)CCOc1cccc(CCCNc2cc(Cl)cn3c(=O)[nH]nc23)c1.Cl. The van der Waals surface area contributed by atoms with Crippen LogP contribution in [0.5, 0.6) is 5.75 Å². The van der Waals surface area contributed by atoms with Crippen molar-refractivity contribution in [2.24, 2.45) is 0 Å². The summed E-state index contributed by atoms with van der Waals surface area (Å²) in [6, 6.07) is 9.96. The normalized spacial score (nSPS) is 10.9. The smallest absolute Gasteiger partial charge is 0.347 e. The van der Waals surface area contributed by atoms with Crippen LogP contribution in [-0.2, 0) is 6.42 Å². The van der Waals surface area contributed by atoms with Crippen LogP contribution >= 0.6 is 24.0 Å². The lowest BCUT2D eigenvalue weighted by Gasteiger charge is -2.12. The van der Waals surface area contributed by atoms with E-state index in [0.717, 1.165) is 37.4 Å². The van der Waals surface area contributed by atoms with Gasteiger partial charge in [-0.05, 0) is 50.7 Å². The van der Waals surface area contributed by atoms with Gasteiger partial charge in [0.05, 0.1) is 10.7 Å². The fourth-order valence-electron chi connectivity index (χ4n) is 2.76. The maximum atomic E-state index is 11.7. The second-order valence-electron chi connectivity index (χ2n) is 6.62. The van der Waals surface area contributed by atoms with Gasteiger partial charge in [-0.1, -0.05) is 23.7 Å². The van der Waals surface area contributed by atoms with Gasteiger partial charge in [0.15, 0.2) is 5.65 Å². The minimum Gasteiger partial charge on any atom is -0.492 e. The number of benzene rings is 1. The van der Waals surface area contributed by atoms with Gasteiger partial charge in [-0.2, -0.15) is 5.10 Å². The highest BCUT2D eigenvalue weighted by atomic mass is 35.5. The number of ether oxygens (including phenoxy) is 1. The molecule has 152 valence electrons. The zero-order valence-electron chi connectivity index (χ0n) is 15.9. The number of aromatic amines is 1. The minimum atomic E-state index is -0.304. The van der Waals surface area contributed by atoms with Crippen molar-refractivity contribution < 1.29 is 4.74 Å². The summed E-state index contributed by atoms with van der Waals surface area (Å²) in [6.45, 7) is 2.30. The molecule has 0 spiro atoms. The van der Waals surface area contributed by atoms with Crippen LogP contribution in [0.2, 0.25) is 5.02 Å². The van der Waals surface area contributed by atoms with Gasteiger partial charge < -0.3 is 15.0 Å². The van der Waals surface area contributed by atoms with E-state index >= 15 is 0 Å². The maximum Gasteiger partial charge on any atom is 0.347 e. The van der Waals surface area contributed by atoms with E-state index in [4.69, 9.17) is 16.3 Å². The van der Waals surface area contributed by atoms with Gasteiger partial charge in [-0.3, -0.25) is 0 Å². The molecule has 7 nitrogen and oxygen atoms in total.